The van der Waals surface area contributed by atoms with Crippen LogP contribution in [0, 0.1) is 0 Å². The van der Waals surface area contributed by atoms with Crippen molar-refractivity contribution in [1.29, 1.82) is 0 Å². The van der Waals surface area contributed by atoms with Gasteiger partial charge in [-0.05, 0) is 59.8 Å². The van der Waals surface area contributed by atoms with Crippen LogP contribution in [0.1, 0.15) is 32.6 Å². The molecular weight excluding hydrogens is 214 g/mol. The van der Waals surface area contributed by atoms with Gasteiger partial charge in [0.1, 0.15) is 0 Å². The molecule has 1 saturated heterocycles. The molecule has 0 aromatic heterocycles. The predicted octanol–water partition coefficient (Wildman–Crippen LogP) is 0.502. The summed E-state index contributed by atoms with van der Waals surface area (Å²) in [7, 11) is 4.38. The zero-order valence-electron chi connectivity index (χ0n) is 11.7. The van der Waals surface area contributed by atoms with Crippen LogP contribution in [0.2, 0.25) is 0 Å². The SMILES string of the molecule is CN(CCCC(C)(O)CN)CC1CCCN1C. The number of rotatable bonds is 7. The zero-order chi connectivity index (χ0) is 12.9. The largest absolute Gasteiger partial charge is 0.389 e. The smallest absolute Gasteiger partial charge is 0.0741 e. The molecule has 0 aliphatic carbocycles. The molecule has 1 heterocycles. The number of hydrogen-bond acceptors (Lipinski definition) is 4. The van der Waals surface area contributed by atoms with E-state index < -0.39 is 5.60 Å². The van der Waals surface area contributed by atoms with Gasteiger partial charge in [-0.3, -0.25) is 0 Å². The first kappa shape index (κ1) is 14.9. The summed E-state index contributed by atoms with van der Waals surface area (Å²) in [4.78, 5) is 4.83. The van der Waals surface area contributed by atoms with Crippen molar-refractivity contribution in [3.05, 3.63) is 0 Å². The maximum Gasteiger partial charge on any atom is 0.0741 e. The third-order valence-corrected chi connectivity index (χ3v) is 3.89. The normalized spacial score (nSPS) is 25.4. The van der Waals surface area contributed by atoms with E-state index in [-0.39, 0.29) is 0 Å². The summed E-state index contributed by atoms with van der Waals surface area (Å²) in [6.07, 6.45) is 4.45. The van der Waals surface area contributed by atoms with Gasteiger partial charge in [-0.15, -0.1) is 0 Å². The van der Waals surface area contributed by atoms with E-state index in [1.165, 1.54) is 19.4 Å². The fourth-order valence-corrected chi connectivity index (χ4v) is 2.49. The minimum atomic E-state index is -0.689. The Morgan fingerprint density at radius 2 is 2.24 bits per heavy atom. The van der Waals surface area contributed by atoms with E-state index in [1.54, 1.807) is 0 Å². The topological polar surface area (TPSA) is 52.7 Å². The molecule has 4 nitrogen and oxygen atoms in total. The summed E-state index contributed by atoms with van der Waals surface area (Å²) in [6.45, 7) is 5.59. The first-order valence-corrected chi connectivity index (χ1v) is 6.76. The first-order valence-electron chi connectivity index (χ1n) is 6.76. The molecule has 0 bridgehead atoms. The van der Waals surface area contributed by atoms with Gasteiger partial charge in [0.05, 0.1) is 5.60 Å². The van der Waals surface area contributed by atoms with Gasteiger partial charge in [-0.2, -0.15) is 0 Å². The lowest BCUT2D eigenvalue weighted by Gasteiger charge is -2.27. The molecule has 17 heavy (non-hydrogen) atoms. The number of hydrogen-bond donors (Lipinski definition) is 2. The quantitative estimate of drug-likeness (QED) is 0.684. The van der Waals surface area contributed by atoms with E-state index in [1.807, 2.05) is 6.92 Å². The van der Waals surface area contributed by atoms with Crippen LogP contribution in [0.5, 0.6) is 0 Å². The Balaban J connectivity index is 2.15. The van der Waals surface area contributed by atoms with E-state index >= 15 is 0 Å². The molecule has 1 aliphatic rings. The number of nitrogens with two attached hydrogens (primary N) is 1. The van der Waals surface area contributed by atoms with Gasteiger partial charge in [0.25, 0.3) is 0 Å². The van der Waals surface area contributed by atoms with Gasteiger partial charge in [-0.25, -0.2) is 0 Å². The third-order valence-electron chi connectivity index (χ3n) is 3.89. The molecule has 1 aliphatic heterocycles. The molecule has 1 rings (SSSR count). The van der Waals surface area contributed by atoms with Gasteiger partial charge in [-0.1, -0.05) is 0 Å². The fourth-order valence-electron chi connectivity index (χ4n) is 2.49. The van der Waals surface area contributed by atoms with Crippen molar-refractivity contribution in [3.63, 3.8) is 0 Å². The molecule has 0 aromatic carbocycles. The second-order valence-electron chi connectivity index (χ2n) is 5.84. The molecule has 0 radical (unpaired) electrons. The van der Waals surface area contributed by atoms with Gasteiger partial charge in [0.15, 0.2) is 0 Å². The molecule has 0 spiro atoms. The van der Waals surface area contributed by atoms with Crippen LogP contribution in [0.15, 0.2) is 0 Å². The average Bonchev–Trinajstić information content (AvgIpc) is 2.64. The second-order valence-corrected chi connectivity index (χ2v) is 5.84. The fraction of sp³-hybridized carbons (Fsp3) is 1.00. The summed E-state index contributed by atoms with van der Waals surface area (Å²) < 4.78 is 0. The maximum absolute atomic E-state index is 9.81. The van der Waals surface area contributed by atoms with Crippen molar-refractivity contribution in [2.45, 2.75) is 44.2 Å². The Labute approximate surface area is 106 Å². The highest BCUT2D eigenvalue weighted by Gasteiger charge is 2.22. The lowest BCUT2D eigenvalue weighted by molar-refractivity contribution is 0.0546. The maximum atomic E-state index is 9.81. The Bertz CT molecular complexity index is 221. The zero-order valence-corrected chi connectivity index (χ0v) is 11.7. The van der Waals surface area contributed by atoms with Gasteiger partial charge in [0.2, 0.25) is 0 Å². The summed E-state index contributed by atoms with van der Waals surface area (Å²) in [5.74, 6) is 0. The Morgan fingerprint density at radius 3 is 2.76 bits per heavy atom. The van der Waals surface area contributed by atoms with Crippen LogP contribution < -0.4 is 5.73 Å². The van der Waals surface area contributed by atoms with Gasteiger partial charge in [0, 0.05) is 19.1 Å². The monoisotopic (exact) mass is 243 g/mol. The van der Waals surface area contributed by atoms with Crippen LogP contribution in [-0.4, -0.2) is 66.8 Å². The van der Waals surface area contributed by atoms with Crippen LogP contribution in [0.25, 0.3) is 0 Å². The highest BCUT2D eigenvalue weighted by molar-refractivity contribution is 4.79. The minimum Gasteiger partial charge on any atom is -0.389 e. The lowest BCUT2D eigenvalue weighted by Crippen LogP contribution is -2.38. The highest BCUT2D eigenvalue weighted by Crippen LogP contribution is 2.16. The molecular formula is C13H29N3O. The van der Waals surface area contributed by atoms with Crippen LogP contribution in [0.4, 0.5) is 0 Å². The number of nitrogens with zero attached hydrogens (tertiary/aromatic N) is 2. The van der Waals surface area contributed by atoms with E-state index in [0.29, 0.717) is 6.54 Å². The standard InChI is InChI=1S/C13H29N3O/c1-13(17,11-14)7-5-8-15(2)10-12-6-4-9-16(12)3/h12,17H,4-11,14H2,1-3H3. The summed E-state index contributed by atoms with van der Waals surface area (Å²) in [5, 5.41) is 9.81. The highest BCUT2D eigenvalue weighted by atomic mass is 16.3. The molecule has 2 atom stereocenters. The molecule has 4 heteroatoms. The van der Waals surface area contributed by atoms with E-state index in [4.69, 9.17) is 5.73 Å². The number of likely N-dealkylation sites (N-methyl/N-ethyl adjacent to an activating group) is 2. The molecule has 102 valence electrons. The average molecular weight is 243 g/mol. The molecule has 0 saturated carbocycles. The van der Waals surface area contributed by atoms with Crippen molar-refractivity contribution in [2.24, 2.45) is 5.73 Å². The first-order chi connectivity index (χ1) is 7.94. The van der Waals surface area contributed by atoms with Gasteiger partial charge < -0.3 is 20.6 Å². The van der Waals surface area contributed by atoms with Crippen LogP contribution >= 0.6 is 0 Å². The molecule has 1 fully saturated rings. The van der Waals surface area contributed by atoms with Crippen molar-refractivity contribution in [2.75, 3.05) is 40.3 Å². The van der Waals surface area contributed by atoms with Crippen molar-refractivity contribution >= 4 is 0 Å². The van der Waals surface area contributed by atoms with E-state index in [9.17, 15) is 5.11 Å². The summed E-state index contributed by atoms with van der Waals surface area (Å²) >= 11 is 0. The molecule has 3 N–H and O–H groups in total. The molecule has 2 unspecified atom stereocenters. The Hall–Kier alpha value is -0.160. The summed E-state index contributed by atoms with van der Waals surface area (Å²) in [6, 6.07) is 0.718. The van der Waals surface area contributed by atoms with Crippen LogP contribution in [0.3, 0.4) is 0 Å². The molecule has 0 amide bonds. The summed E-state index contributed by atoms with van der Waals surface area (Å²) in [5.41, 5.74) is 4.81. The van der Waals surface area contributed by atoms with Gasteiger partial charge >= 0.3 is 0 Å². The number of likely N-dealkylation sites (tertiary alicyclic amines) is 1. The number of aliphatic hydroxyl groups is 1. The predicted molar refractivity (Wildman–Crippen MR) is 72.1 cm³/mol. The van der Waals surface area contributed by atoms with Crippen molar-refractivity contribution in [3.8, 4) is 0 Å². The Kier molecular flexibility index (Phi) is 5.86. The second kappa shape index (κ2) is 6.69. The lowest BCUT2D eigenvalue weighted by atomic mass is 10.0. The van der Waals surface area contributed by atoms with E-state index in [0.717, 1.165) is 32.0 Å². The van der Waals surface area contributed by atoms with Crippen LogP contribution in [-0.2, 0) is 0 Å². The minimum absolute atomic E-state index is 0.349. The van der Waals surface area contributed by atoms with Crippen molar-refractivity contribution in [1.82, 2.24) is 9.80 Å². The molecule has 0 aromatic rings. The van der Waals surface area contributed by atoms with Crippen molar-refractivity contribution < 1.29 is 5.11 Å². The Morgan fingerprint density at radius 1 is 1.53 bits per heavy atom. The third kappa shape index (κ3) is 5.34. The van der Waals surface area contributed by atoms with E-state index in [2.05, 4.69) is 23.9 Å².